The lowest BCUT2D eigenvalue weighted by atomic mass is 10.0. The average Bonchev–Trinajstić information content (AvgIpc) is 3.41. The maximum Gasteiger partial charge on any atom is 0.254 e. The van der Waals surface area contributed by atoms with Gasteiger partial charge in [-0.3, -0.25) is 4.79 Å². The van der Waals surface area contributed by atoms with Crippen LogP contribution in [-0.2, 0) is 0 Å². The smallest absolute Gasteiger partial charge is 0.254 e. The Hall–Kier alpha value is -2.37. The molecule has 1 atom stereocenters. The first-order chi connectivity index (χ1) is 12.3. The molecule has 132 valence electrons. The average molecular weight is 341 g/mol. The maximum absolute atomic E-state index is 13.3. The molecule has 0 bridgehead atoms. The topological polar surface area (TPSA) is 68.5 Å². The molecule has 25 heavy (non-hydrogen) atoms. The number of carbonyl (C=O) groups excluding carboxylic acids is 1. The van der Waals surface area contributed by atoms with E-state index < -0.39 is 0 Å². The Morgan fingerprint density at radius 1 is 1.24 bits per heavy atom. The van der Waals surface area contributed by atoms with Gasteiger partial charge in [-0.25, -0.2) is 0 Å². The minimum atomic E-state index is -0.111. The second-order valence-electron chi connectivity index (χ2n) is 6.88. The lowest BCUT2D eigenvalue weighted by Crippen LogP contribution is -2.35. The summed E-state index contributed by atoms with van der Waals surface area (Å²) in [6.45, 7) is 0.725. The van der Waals surface area contributed by atoms with E-state index in [0.717, 1.165) is 49.1 Å². The second kappa shape index (κ2) is 6.86. The first kappa shape index (κ1) is 16.1. The lowest BCUT2D eigenvalue weighted by Gasteiger charge is -2.28. The fourth-order valence-corrected chi connectivity index (χ4v) is 3.69. The van der Waals surface area contributed by atoms with Crippen molar-refractivity contribution >= 4 is 5.91 Å². The number of methoxy groups -OCH3 is 1. The number of rotatable bonds is 4. The molecule has 0 spiro atoms. The van der Waals surface area contributed by atoms with Crippen molar-refractivity contribution in [3.05, 3.63) is 41.5 Å². The van der Waals surface area contributed by atoms with E-state index in [1.54, 1.807) is 7.11 Å². The molecule has 1 aromatic heterocycles. The zero-order chi connectivity index (χ0) is 17.2. The molecule has 6 heteroatoms. The highest BCUT2D eigenvalue weighted by molar-refractivity contribution is 5.95. The van der Waals surface area contributed by atoms with Gasteiger partial charge in [0.15, 0.2) is 5.82 Å². The fourth-order valence-electron chi connectivity index (χ4n) is 3.69. The Kier molecular flexibility index (Phi) is 4.42. The van der Waals surface area contributed by atoms with E-state index in [9.17, 15) is 4.79 Å². The summed E-state index contributed by atoms with van der Waals surface area (Å²) < 4.78 is 10.4. The SMILES string of the molecule is COc1ccc(C(=O)N2CCCCC[C@H]2c2ncon2)cc1C1CC1. The summed E-state index contributed by atoms with van der Waals surface area (Å²) in [4.78, 5) is 19.4. The van der Waals surface area contributed by atoms with E-state index >= 15 is 0 Å². The van der Waals surface area contributed by atoms with Crippen LogP contribution in [0.2, 0.25) is 0 Å². The number of likely N-dealkylation sites (tertiary alicyclic amines) is 1. The zero-order valence-electron chi connectivity index (χ0n) is 14.5. The van der Waals surface area contributed by atoms with Crippen LogP contribution in [0, 0.1) is 0 Å². The standard InChI is InChI=1S/C19H23N3O3/c1-24-17-9-8-14(11-15(17)13-6-7-13)19(23)22-10-4-2-3-5-16(22)18-20-12-25-21-18/h8-9,11-13,16H,2-7,10H2,1H3/t16-/m0/s1. The van der Waals surface area contributed by atoms with Gasteiger partial charge in [-0.1, -0.05) is 18.0 Å². The molecular weight excluding hydrogens is 318 g/mol. The molecule has 1 aliphatic heterocycles. The highest BCUT2D eigenvalue weighted by atomic mass is 16.5. The van der Waals surface area contributed by atoms with Crippen LogP contribution in [0.5, 0.6) is 5.75 Å². The number of benzene rings is 1. The van der Waals surface area contributed by atoms with E-state index in [2.05, 4.69) is 10.1 Å². The van der Waals surface area contributed by atoms with Crippen LogP contribution in [0.4, 0.5) is 0 Å². The molecular formula is C19H23N3O3. The van der Waals surface area contributed by atoms with E-state index in [4.69, 9.17) is 9.26 Å². The van der Waals surface area contributed by atoms with E-state index in [0.29, 0.717) is 11.7 Å². The number of aromatic nitrogens is 2. The van der Waals surface area contributed by atoms with Crippen molar-refractivity contribution in [2.45, 2.75) is 50.5 Å². The van der Waals surface area contributed by atoms with Gasteiger partial charge in [0.1, 0.15) is 5.75 Å². The van der Waals surface area contributed by atoms with Crippen LogP contribution in [0.15, 0.2) is 29.1 Å². The van der Waals surface area contributed by atoms with Crippen LogP contribution >= 0.6 is 0 Å². The summed E-state index contributed by atoms with van der Waals surface area (Å²) in [7, 11) is 1.68. The highest BCUT2D eigenvalue weighted by Crippen LogP contribution is 2.44. The molecule has 0 unspecified atom stereocenters. The predicted molar refractivity (Wildman–Crippen MR) is 91.5 cm³/mol. The molecule has 1 amide bonds. The Labute approximate surface area is 147 Å². The molecule has 0 radical (unpaired) electrons. The van der Waals surface area contributed by atoms with Crippen LogP contribution in [0.25, 0.3) is 0 Å². The zero-order valence-corrected chi connectivity index (χ0v) is 14.5. The molecule has 1 saturated heterocycles. The van der Waals surface area contributed by atoms with Crippen LogP contribution in [0.1, 0.15) is 72.2 Å². The minimum absolute atomic E-state index is 0.0428. The summed E-state index contributed by atoms with van der Waals surface area (Å²) in [5.41, 5.74) is 1.87. The van der Waals surface area contributed by atoms with E-state index in [1.165, 1.54) is 19.2 Å². The van der Waals surface area contributed by atoms with Gasteiger partial charge in [-0.05, 0) is 55.4 Å². The molecule has 4 rings (SSSR count). The molecule has 2 aromatic rings. The van der Waals surface area contributed by atoms with Crippen molar-refractivity contribution in [1.82, 2.24) is 15.0 Å². The highest BCUT2D eigenvalue weighted by Gasteiger charge is 2.32. The monoisotopic (exact) mass is 341 g/mol. The van der Waals surface area contributed by atoms with Gasteiger partial charge in [0.25, 0.3) is 5.91 Å². The third-order valence-electron chi connectivity index (χ3n) is 5.18. The first-order valence-corrected chi connectivity index (χ1v) is 9.03. The molecule has 1 aliphatic carbocycles. The van der Waals surface area contributed by atoms with Gasteiger partial charge in [0.2, 0.25) is 6.39 Å². The molecule has 2 aliphatic rings. The Balaban J connectivity index is 1.64. The van der Waals surface area contributed by atoms with Crippen molar-refractivity contribution in [2.24, 2.45) is 0 Å². The van der Waals surface area contributed by atoms with Crippen molar-refractivity contribution in [3.8, 4) is 5.75 Å². The van der Waals surface area contributed by atoms with Crippen molar-refractivity contribution < 1.29 is 14.1 Å². The van der Waals surface area contributed by atoms with Crippen LogP contribution in [0.3, 0.4) is 0 Å². The van der Waals surface area contributed by atoms with Crippen molar-refractivity contribution in [3.63, 3.8) is 0 Å². The second-order valence-corrected chi connectivity index (χ2v) is 6.88. The van der Waals surface area contributed by atoms with Gasteiger partial charge in [0.05, 0.1) is 13.2 Å². The first-order valence-electron chi connectivity index (χ1n) is 9.03. The summed E-state index contributed by atoms with van der Waals surface area (Å²) in [5, 5.41) is 3.99. The Morgan fingerprint density at radius 2 is 2.12 bits per heavy atom. The number of carbonyl (C=O) groups is 1. The molecule has 2 heterocycles. The summed E-state index contributed by atoms with van der Waals surface area (Å²) in [6.07, 6.45) is 7.74. The predicted octanol–water partition coefficient (Wildman–Crippen LogP) is 3.71. The molecule has 2 fully saturated rings. The third kappa shape index (κ3) is 3.25. The summed E-state index contributed by atoms with van der Waals surface area (Å²) >= 11 is 0. The molecule has 0 N–H and O–H groups in total. The van der Waals surface area contributed by atoms with Gasteiger partial charge in [-0.2, -0.15) is 4.98 Å². The van der Waals surface area contributed by atoms with Gasteiger partial charge >= 0.3 is 0 Å². The van der Waals surface area contributed by atoms with Crippen molar-refractivity contribution in [1.29, 1.82) is 0 Å². The quantitative estimate of drug-likeness (QED) is 0.848. The Bertz CT molecular complexity index is 740. The minimum Gasteiger partial charge on any atom is -0.496 e. The third-order valence-corrected chi connectivity index (χ3v) is 5.18. The van der Waals surface area contributed by atoms with Crippen LogP contribution in [-0.4, -0.2) is 34.6 Å². The van der Waals surface area contributed by atoms with Crippen LogP contribution < -0.4 is 4.74 Å². The summed E-state index contributed by atoms with van der Waals surface area (Å²) in [6, 6.07) is 5.69. The Morgan fingerprint density at radius 3 is 2.84 bits per heavy atom. The van der Waals surface area contributed by atoms with Gasteiger partial charge < -0.3 is 14.2 Å². The normalized spacial score (nSPS) is 21.0. The van der Waals surface area contributed by atoms with Gasteiger partial charge in [-0.15, -0.1) is 0 Å². The van der Waals surface area contributed by atoms with E-state index in [-0.39, 0.29) is 11.9 Å². The maximum atomic E-state index is 13.3. The number of hydrogen-bond acceptors (Lipinski definition) is 5. The number of amides is 1. The number of hydrogen-bond donors (Lipinski definition) is 0. The van der Waals surface area contributed by atoms with Crippen molar-refractivity contribution in [2.75, 3.05) is 13.7 Å². The summed E-state index contributed by atoms with van der Waals surface area (Å²) in [5.74, 6) is 2.05. The molecule has 1 aromatic carbocycles. The lowest BCUT2D eigenvalue weighted by molar-refractivity contribution is 0.0670. The fraction of sp³-hybridized carbons (Fsp3) is 0.526. The van der Waals surface area contributed by atoms with Gasteiger partial charge in [0, 0.05) is 12.1 Å². The molecule has 1 saturated carbocycles. The molecule has 6 nitrogen and oxygen atoms in total. The largest absolute Gasteiger partial charge is 0.496 e. The number of nitrogens with zero attached hydrogens (tertiary/aromatic N) is 3. The van der Waals surface area contributed by atoms with E-state index in [1.807, 2.05) is 23.1 Å². The number of ether oxygens (including phenoxy) is 1.